The molecule has 0 aromatic rings. The van der Waals surface area contributed by atoms with Gasteiger partial charge in [0.2, 0.25) is 0 Å². The van der Waals surface area contributed by atoms with Crippen LogP contribution in [0.15, 0.2) is 0 Å². The zero-order chi connectivity index (χ0) is 14.7. The summed E-state index contributed by atoms with van der Waals surface area (Å²) >= 11 is 0. The Morgan fingerprint density at radius 3 is 2.05 bits per heavy atom. The molecule has 0 spiro atoms. The Hall–Kier alpha value is -0.550. The second-order valence-corrected chi connectivity index (χ2v) is 5.92. The molecule has 0 fully saturated rings. The molecule has 0 rings (SSSR count). The van der Waals surface area contributed by atoms with Crippen LogP contribution in [-0.2, 0) is 18.7 Å². The zero-order valence-corrected chi connectivity index (χ0v) is 12.4. The van der Waals surface area contributed by atoms with E-state index in [0.717, 1.165) is 12.8 Å². The van der Waals surface area contributed by atoms with Crippen molar-refractivity contribution in [2.75, 3.05) is 6.61 Å². The SMILES string of the molecule is CCCCC(=O)CCC(=O)CCCCOP(N)(=O)O. The van der Waals surface area contributed by atoms with Crippen LogP contribution in [0.25, 0.3) is 0 Å². The third-order valence-corrected chi connectivity index (χ3v) is 3.17. The minimum absolute atomic E-state index is 0.0461. The van der Waals surface area contributed by atoms with Crippen molar-refractivity contribution < 1.29 is 23.6 Å². The predicted octanol–water partition coefficient (Wildman–Crippen LogP) is 2.34. The van der Waals surface area contributed by atoms with Gasteiger partial charge < -0.3 is 4.89 Å². The summed E-state index contributed by atoms with van der Waals surface area (Å²) in [6, 6.07) is 0. The van der Waals surface area contributed by atoms with Crippen LogP contribution in [0.5, 0.6) is 0 Å². The van der Waals surface area contributed by atoms with E-state index in [2.05, 4.69) is 4.52 Å². The molecule has 112 valence electrons. The van der Waals surface area contributed by atoms with Crippen LogP contribution < -0.4 is 5.50 Å². The summed E-state index contributed by atoms with van der Waals surface area (Å²) in [4.78, 5) is 31.5. The first kappa shape index (κ1) is 18.4. The van der Waals surface area contributed by atoms with Crippen molar-refractivity contribution in [3.63, 3.8) is 0 Å². The maximum Gasteiger partial charge on any atom is 0.400 e. The summed E-state index contributed by atoms with van der Waals surface area (Å²) in [6.45, 7) is 2.08. The summed E-state index contributed by atoms with van der Waals surface area (Å²) in [7, 11) is -3.90. The lowest BCUT2D eigenvalue weighted by Gasteiger charge is -2.05. The highest BCUT2D eigenvalue weighted by atomic mass is 31.2. The van der Waals surface area contributed by atoms with E-state index in [1.54, 1.807) is 0 Å². The Morgan fingerprint density at radius 1 is 1.05 bits per heavy atom. The molecule has 3 N–H and O–H groups in total. The van der Waals surface area contributed by atoms with Crippen molar-refractivity contribution in [1.82, 2.24) is 0 Å². The lowest BCUT2D eigenvalue weighted by molar-refractivity contribution is -0.124. The molecule has 1 unspecified atom stereocenters. The van der Waals surface area contributed by atoms with Gasteiger partial charge in [0.05, 0.1) is 6.61 Å². The van der Waals surface area contributed by atoms with Crippen molar-refractivity contribution >= 4 is 19.3 Å². The highest BCUT2D eigenvalue weighted by Gasteiger charge is 2.10. The zero-order valence-electron chi connectivity index (χ0n) is 11.5. The first-order valence-electron chi connectivity index (χ1n) is 6.64. The van der Waals surface area contributed by atoms with Gasteiger partial charge in [0, 0.05) is 25.7 Å². The molecule has 0 aromatic heterocycles. The fourth-order valence-electron chi connectivity index (χ4n) is 1.52. The minimum atomic E-state index is -3.90. The van der Waals surface area contributed by atoms with E-state index in [1.807, 2.05) is 6.92 Å². The number of Topliss-reactive ketones (excluding diaryl/α,β-unsaturated/α-hetero) is 2. The summed E-state index contributed by atoms with van der Waals surface area (Å²) in [5.41, 5.74) is 4.78. The molecular formula is C12H24NO5P. The van der Waals surface area contributed by atoms with Gasteiger partial charge >= 0.3 is 7.75 Å². The smallest absolute Gasteiger partial charge is 0.313 e. The average Bonchev–Trinajstić information content (AvgIpc) is 2.32. The largest absolute Gasteiger partial charge is 0.400 e. The van der Waals surface area contributed by atoms with Crippen molar-refractivity contribution in [1.29, 1.82) is 0 Å². The lowest BCUT2D eigenvalue weighted by Crippen LogP contribution is -2.05. The molecule has 19 heavy (non-hydrogen) atoms. The van der Waals surface area contributed by atoms with E-state index in [4.69, 9.17) is 10.4 Å². The molecule has 6 nitrogen and oxygen atoms in total. The van der Waals surface area contributed by atoms with Crippen LogP contribution in [0.3, 0.4) is 0 Å². The summed E-state index contributed by atoms with van der Waals surface area (Å²) in [5.74, 6) is 0.188. The Kier molecular flexibility index (Phi) is 9.97. The lowest BCUT2D eigenvalue weighted by atomic mass is 10.0. The molecule has 0 aliphatic heterocycles. The van der Waals surface area contributed by atoms with Crippen LogP contribution >= 0.6 is 7.75 Å². The quantitative estimate of drug-likeness (QED) is 0.422. The molecule has 0 radical (unpaired) electrons. The van der Waals surface area contributed by atoms with Crippen LogP contribution in [0.2, 0.25) is 0 Å². The number of hydrogen-bond donors (Lipinski definition) is 2. The molecule has 0 heterocycles. The normalized spacial score (nSPS) is 14.1. The van der Waals surface area contributed by atoms with E-state index < -0.39 is 7.75 Å². The summed E-state index contributed by atoms with van der Waals surface area (Å²) in [6.07, 6.45) is 4.47. The van der Waals surface area contributed by atoms with E-state index in [0.29, 0.717) is 38.5 Å². The van der Waals surface area contributed by atoms with Gasteiger partial charge in [0.25, 0.3) is 0 Å². The third-order valence-electron chi connectivity index (χ3n) is 2.62. The fourth-order valence-corrected chi connectivity index (χ4v) is 1.91. The van der Waals surface area contributed by atoms with Crippen LogP contribution in [0.4, 0.5) is 0 Å². The van der Waals surface area contributed by atoms with E-state index in [-0.39, 0.29) is 18.2 Å². The maximum atomic E-state index is 11.5. The molecule has 0 saturated carbocycles. The molecule has 0 aromatic carbocycles. The number of hydrogen-bond acceptors (Lipinski definition) is 4. The Morgan fingerprint density at radius 2 is 1.58 bits per heavy atom. The van der Waals surface area contributed by atoms with E-state index in [9.17, 15) is 14.2 Å². The Bertz CT molecular complexity index is 326. The molecule has 7 heteroatoms. The molecular weight excluding hydrogens is 269 g/mol. The maximum absolute atomic E-state index is 11.5. The number of rotatable bonds is 12. The van der Waals surface area contributed by atoms with Gasteiger partial charge in [-0.15, -0.1) is 0 Å². The van der Waals surface area contributed by atoms with Crippen molar-refractivity contribution in [2.45, 2.75) is 58.3 Å². The molecule has 1 atom stereocenters. The standard InChI is InChI=1S/C12H24NO5P/c1-2-3-6-11(14)8-9-12(15)7-4-5-10-18-19(13,16)17/h2-10H2,1H3,(H3,13,16,17). The van der Waals surface area contributed by atoms with Crippen molar-refractivity contribution in [2.24, 2.45) is 5.50 Å². The Balaban J connectivity index is 3.49. The highest BCUT2D eigenvalue weighted by molar-refractivity contribution is 7.50. The van der Waals surface area contributed by atoms with Gasteiger partial charge in [-0.25, -0.2) is 10.1 Å². The predicted molar refractivity (Wildman–Crippen MR) is 72.6 cm³/mol. The van der Waals surface area contributed by atoms with Crippen LogP contribution in [-0.4, -0.2) is 23.1 Å². The number of ketones is 2. The van der Waals surface area contributed by atoms with Gasteiger partial charge in [0.15, 0.2) is 0 Å². The van der Waals surface area contributed by atoms with Crippen molar-refractivity contribution in [3.05, 3.63) is 0 Å². The van der Waals surface area contributed by atoms with Crippen LogP contribution in [0.1, 0.15) is 58.3 Å². The van der Waals surface area contributed by atoms with E-state index >= 15 is 0 Å². The van der Waals surface area contributed by atoms with Gasteiger partial charge in [-0.05, 0) is 19.3 Å². The molecule has 0 amide bonds. The summed E-state index contributed by atoms with van der Waals surface area (Å²) in [5, 5.41) is 0. The first-order chi connectivity index (χ1) is 8.85. The fraction of sp³-hybridized carbons (Fsp3) is 0.833. The number of nitrogens with two attached hydrogens (primary N) is 1. The number of carbonyl (C=O) groups excluding carboxylic acids is 2. The monoisotopic (exact) mass is 293 g/mol. The average molecular weight is 293 g/mol. The topological polar surface area (TPSA) is 107 Å². The second kappa shape index (κ2) is 10.3. The Labute approximate surface area is 114 Å². The third kappa shape index (κ3) is 13.7. The van der Waals surface area contributed by atoms with Crippen molar-refractivity contribution in [3.8, 4) is 0 Å². The van der Waals surface area contributed by atoms with E-state index in [1.165, 1.54) is 0 Å². The first-order valence-corrected chi connectivity index (χ1v) is 8.29. The van der Waals surface area contributed by atoms with Gasteiger partial charge in [-0.1, -0.05) is 13.3 Å². The number of carbonyl (C=O) groups is 2. The highest BCUT2D eigenvalue weighted by Crippen LogP contribution is 2.31. The minimum Gasteiger partial charge on any atom is -0.313 e. The summed E-state index contributed by atoms with van der Waals surface area (Å²) < 4.78 is 15.1. The molecule has 0 aliphatic carbocycles. The van der Waals surface area contributed by atoms with Gasteiger partial charge in [0.1, 0.15) is 11.6 Å². The van der Waals surface area contributed by atoms with Crippen LogP contribution in [0, 0.1) is 0 Å². The number of unbranched alkanes of at least 4 members (excludes halogenated alkanes) is 2. The molecule has 0 saturated heterocycles. The molecule has 0 aliphatic rings. The second-order valence-electron chi connectivity index (χ2n) is 4.54. The van der Waals surface area contributed by atoms with Gasteiger partial charge in [-0.2, -0.15) is 0 Å². The van der Waals surface area contributed by atoms with Gasteiger partial charge in [-0.3, -0.25) is 14.1 Å². The molecule has 0 bridgehead atoms.